The number of amides is 1. The fraction of sp³-hybridized carbons (Fsp3) is 0.548. The third-order valence-corrected chi connectivity index (χ3v) is 7.23. The van der Waals surface area contributed by atoms with Crippen LogP contribution in [0.1, 0.15) is 18.4 Å². The maximum atomic E-state index is 12.1. The molecule has 0 aliphatic carbocycles. The molecule has 0 bridgehead atoms. The van der Waals surface area contributed by atoms with Gasteiger partial charge < -0.3 is 39.6 Å². The lowest BCUT2D eigenvalue weighted by Gasteiger charge is -2.36. The highest BCUT2D eigenvalue weighted by Crippen LogP contribution is 2.38. The van der Waals surface area contributed by atoms with Gasteiger partial charge in [-0.05, 0) is 43.3 Å². The molecule has 0 saturated carbocycles. The Morgan fingerprint density at radius 2 is 1.56 bits per heavy atom. The molecular weight excluding hydrogens is 574 g/mol. The van der Waals surface area contributed by atoms with Gasteiger partial charge in [-0.25, -0.2) is 4.99 Å². The molecule has 1 amide bonds. The summed E-state index contributed by atoms with van der Waals surface area (Å²) in [6.07, 6.45) is 1.23. The van der Waals surface area contributed by atoms with Gasteiger partial charge in [-0.3, -0.25) is 9.69 Å². The summed E-state index contributed by atoms with van der Waals surface area (Å²) in [4.78, 5) is 21.9. The largest absolute Gasteiger partial charge is 0.454 e. The van der Waals surface area contributed by atoms with E-state index in [-0.39, 0.29) is 5.91 Å². The van der Waals surface area contributed by atoms with Crippen molar-refractivity contribution < 1.29 is 28.5 Å². The zero-order valence-electron chi connectivity index (χ0n) is 24.8. The Hall–Kier alpha value is -2.77. The molecule has 0 unspecified atom stereocenters. The number of rotatable bonds is 18. The summed E-state index contributed by atoms with van der Waals surface area (Å²) in [5, 5.41) is 3.65. The van der Waals surface area contributed by atoms with Crippen LogP contribution in [0, 0.1) is 0 Å². The summed E-state index contributed by atoms with van der Waals surface area (Å²) < 4.78 is 27.7. The van der Waals surface area contributed by atoms with Crippen molar-refractivity contribution >= 4 is 29.0 Å². The van der Waals surface area contributed by atoms with Crippen LogP contribution < -0.4 is 15.8 Å². The van der Waals surface area contributed by atoms with Gasteiger partial charge in [-0.15, -0.1) is 0 Å². The van der Waals surface area contributed by atoms with Crippen LogP contribution in [0.25, 0.3) is 0 Å². The van der Waals surface area contributed by atoms with Gasteiger partial charge in [0.2, 0.25) is 5.91 Å². The highest BCUT2D eigenvalue weighted by molar-refractivity contribution is 6.31. The lowest BCUT2D eigenvalue weighted by Crippen LogP contribution is -2.49. The molecule has 2 aliphatic rings. The van der Waals surface area contributed by atoms with Gasteiger partial charge in [0.05, 0.1) is 58.4 Å². The number of amidine groups is 1. The average molecular weight is 618 g/mol. The first-order chi connectivity index (χ1) is 21.1. The summed E-state index contributed by atoms with van der Waals surface area (Å²) in [6, 6.07) is 13.5. The number of fused-ring (bicyclic) bond motifs is 2. The van der Waals surface area contributed by atoms with Crippen molar-refractivity contribution in [3.63, 3.8) is 0 Å². The first-order valence-corrected chi connectivity index (χ1v) is 15.4. The van der Waals surface area contributed by atoms with Gasteiger partial charge in [0.1, 0.15) is 17.3 Å². The molecule has 0 radical (unpaired) electrons. The molecule has 43 heavy (non-hydrogen) atoms. The Balaban J connectivity index is 1.05. The van der Waals surface area contributed by atoms with Crippen LogP contribution in [0.4, 0.5) is 5.69 Å². The number of hydrogen-bond donors (Lipinski definition) is 2. The van der Waals surface area contributed by atoms with E-state index >= 15 is 0 Å². The van der Waals surface area contributed by atoms with Crippen molar-refractivity contribution in [1.29, 1.82) is 0 Å². The van der Waals surface area contributed by atoms with Gasteiger partial charge in [0.25, 0.3) is 0 Å². The Labute approximate surface area is 259 Å². The van der Waals surface area contributed by atoms with E-state index in [2.05, 4.69) is 15.1 Å². The molecule has 0 atom stereocenters. The third-order valence-electron chi connectivity index (χ3n) is 6.99. The van der Waals surface area contributed by atoms with Gasteiger partial charge in [-0.1, -0.05) is 23.7 Å². The number of piperazine rings is 1. The van der Waals surface area contributed by atoms with Gasteiger partial charge >= 0.3 is 0 Å². The summed E-state index contributed by atoms with van der Waals surface area (Å²) in [5.41, 5.74) is 7.06. The SMILES string of the molecule is NCCOCCOCCOCCOCCC(=O)NCCCN1CCN(C2=Nc3ccccc3Oc3ccc(Cl)cc32)CC1. The number of hydrogen-bond acceptors (Lipinski definition) is 10. The minimum Gasteiger partial charge on any atom is -0.454 e. The maximum absolute atomic E-state index is 12.1. The van der Waals surface area contributed by atoms with Crippen molar-refractivity contribution in [2.45, 2.75) is 12.8 Å². The lowest BCUT2D eigenvalue weighted by atomic mass is 10.1. The van der Waals surface area contributed by atoms with Crippen LogP contribution in [0.5, 0.6) is 11.5 Å². The van der Waals surface area contributed by atoms with E-state index in [1.54, 1.807) is 0 Å². The summed E-state index contributed by atoms with van der Waals surface area (Å²) in [5.74, 6) is 2.38. The molecule has 3 N–H and O–H groups in total. The van der Waals surface area contributed by atoms with Crippen LogP contribution in [0.2, 0.25) is 5.02 Å². The fourth-order valence-corrected chi connectivity index (χ4v) is 4.92. The number of nitrogens with one attached hydrogen (secondary N) is 1. The first-order valence-electron chi connectivity index (χ1n) is 15.0. The van der Waals surface area contributed by atoms with Crippen LogP contribution in [0.3, 0.4) is 0 Å². The monoisotopic (exact) mass is 617 g/mol. The number of carbonyl (C=O) groups excluding carboxylic acids is 1. The van der Waals surface area contributed by atoms with E-state index in [9.17, 15) is 4.79 Å². The molecule has 236 valence electrons. The molecule has 11 nitrogen and oxygen atoms in total. The molecular formula is C31H44ClN5O6. The number of carbonyl (C=O) groups is 1. The molecule has 2 aromatic carbocycles. The van der Waals surface area contributed by atoms with E-state index in [1.165, 1.54) is 0 Å². The van der Waals surface area contributed by atoms with E-state index in [4.69, 9.17) is 46.0 Å². The van der Waals surface area contributed by atoms with Crippen molar-refractivity contribution in [2.24, 2.45) is 10.7 Å². The Morgan fingerprint density at radius 1 is 0.884 bits per heavy atom. The number of halogens is 1. The minimum atomic E-state index is 0.00203. The first kappa shape index (κ1) is 33.1. The van der Waals surface area contributed by atoms with Crippen molar-refractivity contribution in [3.05, 3.63) is 53.1 Å². The number of para-hydroxylation sites is 2. The highest BCUT2D eigenvalue weighted by Gasteiger charge is 2.26. The minimum absolute atomic E-state index is 0.00203. The predicted molar refractivity (Wildman–Crippen MR) is 167 cm³/mol. The molecule has 12 heteroatoms. The normalized spacial score (nSPS) is 14.8. The van der Waals surface area contributed by atoms with E-state index in [0.29, 0.717) is 77.4 Å². The van der Waals surface area contributed by atoms with E-state index in [1.807, 2.05) is 42.5 Å². The van der Waals surface area contributed by atoms with Gasteiger partial charge in [0, 0.05) is 50.7 Å². The smallest absolute Gasteiger partial charge is 0.222 e. The third kappa shape index (κ3) is 11.3. The molecule has 2 heterocycles. The quantitative estimate of drug-likeness (QED) is 0.243. The zero-order valence-corrected chi connectivity index (χ0v) is 25.6. The van der Waals surface area contributed by atoms with Crippen LogP contribution in [0.15, 0.2) is 47.5 Å². The van der Waals surface area contributed by atoms with E-state index in [0.717, 1.165) is 67.7 Å². The standard InChI is InChI=1S/C31H44ClN5O6/c32-25-6-7-28-26(24-25)31(35-27-4-1-2-5-29(27)43-28)37-14-12-36(13-15-37)11-3-10-34-30(38)8-16-39-18-20-41-22-23-42-21-19-40-17-9-33/h1-2,4-7,24H,3,8-23,33H2,(H,34,38). The summed E-state index contributed by atoms with van der Waals surface area (Å²) in [6.45, 7) is 9.51. The van der Waals surface area contributed by atoms with E-state index < -0.39 is 0 Å². The molecule has 1 saturated heterocycles. The topological polar surface area (TPSA) is 120 Å². The number of nitrogens with zero attached hydrogens (tertiary/aromatic N) is 3. The van der Waals surface area contributed by atoms with Crippen LogP contribution in [-0.2, 0) is 23.7 Å². The molecule has 0 aromatic heterocycles. The summed E-state index contributed by atoms with van der Waals surface area (Å²) in [7, 11) is 0. The molecule has 0 spiro atoms. The number of benzene rings is 2. The highest BCUT2D eigenvalue weighted by atomic mass is 35.5. The summed E-state index contributed by atoms with van der Waals surface area (Å²) >= 11 is 6.36. The van der Waals surface area contributed by atoms with Gasteiger partial charge in [0.15, 0.2) is 5.75 Å². The zero-order chi connectivity index (χ0) is 30.1. The van der Waals surface area contributed by atoms with Crippen LogP contribution in [-0.4, -0.2) is 120 Å². The molecule has 4 rings (SSSR count). The molecule has 2 aromatic rings. The lowest BCUT2D eigenvalue weighted by molar-refractivity contribution is -0.122. The van der Waals surface area contributed by atoms with Crippen molar-refractivity contribution in [3.8, 4) is 11.5 Å². The second kappa shape index (κ2) is 18.8. The van der Waals surface area contributed by atoms with Crippen molar-refractivity contribution in [2.75, 3.05) is 98.7 Å². The molecule has 1 fully saturated rings. The maximum Gasteiger partial charge on any atom is 0.222 e. The average Bonchev–Trinajstić information content (AvgIpc) is 3.18. The van der Waals surface area contributed by atoms with Gasteiger partial charge in [-0.2, -0.15) is 0 Å². The number of aliphatic imine (C=N–C) groups is 1. The Kier molecular flexibility index (Phi) is 14.5. The second-order valence-corrected chi connectivity index (χ2v) is 10.6. The number of ether oxygens (including phenoxy) is 5. The predicted octanol–water partition coefficient (Wildman–Crippen LogP) is 3.06. The second-order valence-electron chi connectivity index (χ2n) is 10.2. The van der Waals surface area contributed by atoms with Crippen LogP contribution >= 0.6 is 11.6 Å². The number of nitrogens with two attached hydrogens (primary N) is 1. The Morgan fingerprint density at radius 3 is 2.28 bits per heavy atom. The fourth-order valence-electron chi connectivity index (χ4n) is 4.75. The van der Waals surface area contributed by atoms with Crippen molar-refractivity contribution in [1.82, 2.24) is 15.1 Å². The Bertz CT molecular complexity index is 1160. The molecule has 2 aliphatic heterocycles.